The second-order valence-corrected chi connectivity index (χ2v) is 6.75. The van der Waals surface area contributed by atoms with Crippen LogP contribution >= 0.6 is 15.9 Å². The van der Waals surface area contributed by atoms with Crippen molar-refractivity contribution in [1.82, 2.24) is 9.97 Å². The summed E-state index contributed by atoms with van der Waals surface area (Å²) in [5.74, 6) is 2.39. The number of pyridine rings is 2. The molecular weight excluding hydrogens is 316 g/mol. The van der Waals surface area contributed by atoms with E-state index >= 15 is 0 Å². The molecule has 1 fully saturated rings. The van der Waals surface area contributed by atoms with Crippen molar-refractivity contribution >= 4 is 27.0 Å². The SMILES string of the molecule is CC1CCC(Oc2ccnc3cc(Br)cnc23)CC1C. The molecule has 3 unspecified atom stereocenters. The molecular formula is C16H19BrN2O. The minimum absolute atomic E-state index is 0.303. The average molecular weight is 335 g/mol. The molecule has 0 radical (unpaired) electrons. The maximum atomic E-state index is 6.21. The summed E-state index contributed by atoms with van der Waals surface area (Å²) in [7, 11) is 0. The summed E-state index contributed by atoms with van der Waals surface area (Å²) in [6.07, 6.45) is 7.39. The van der Waals surface area contributed by atoms with E-state index in [9.17, 15) is 0 Å². The molecule has 0 N–H and O–H groups in total. The fourth-order valence-corrected chi connectivity index (χ4v) is 3.18. The Balaban J connectivity index is 1.84. The number of fused-ring (bicyclic) bond motifs is 1. The van der Waals surface area contributed by atoms with Crippen LogP contribution in [0.5, 0.6) is 5.75 Å². The summed E-state index contributed by atoms with van der Waals surface area (Å²) >= 11 is 3.43. The Bertz CT molecular complexity index is 616. The van der Waals surface area contributed by atoms with Crippen LogP contribution < -0.4 is 4.74 Å². The number of halogens is 1. The second-order valence-electron chi connectivity index (χ2n) is 5.84. The molecule has 1 aliphatic rings. The van der Waals surface area contributed by atoms with Gasteiger partial charge in [-0.15, -0.1) is 0 Å². The molecule has 3 nitrogen and oxygen atoms in total. The molecule has 1 aliphatic carbocycles. The summed E-state index contributed by atoms with van der Waals surface area (Å²) in [5.41, 5.74) is 1.72. The third-order valence-electron chi connectivity index (χ3n) is 4.35. The van der Waals surface area contributed by atoms with Gasteiger partial charge in [0.05, 0.1) is 11.6 Å². The highest BCUT2D eigenvalue weighted by Gasteiger charge is 2.26. The standard InChI is InChI=1S/C16H19BrN2O/c1-10-3-4-13(7-11(10)2)20-15-5-6-18-14-8-12(17)9-19-16(14)15/h5-6,8-11,13H,3-4,7H2,1-2H3. The number of hydrogen-bond acceptors (Lipinski definition) is 3. The van der Waals surface area contributed by atoms with E-state index in [0.29, 0.717) is 6.10 Å². The third-order valence-corrected chi connectivity index (χ3v) is 4.78. The van der Waals surface area contributed by atoms with Crippen LogP contribution in [-0.2, 0) is 0 Å². The topological polar surface area (TPSA) is 35.0 Å². The van der Waals surface area contributed by atoms with Gasteiger partial charge in [0.25, 0.3) is 0 Å². The van der Waals surface area contributed by atoms with Gasteiger partial charge in [-0.3, -0.25) is 4.98 Å². The van der Waals surface area contributed by atoms with E-state index in [-0.39, 0.29) is 0 Å². The smallest absolute Gasteiger partial charge is 0.149 e. The number of aromatic nitrogens is 2. The molecule has 0 aliphatic heterocycles. The quantitative estimate of drug-likeness (QED) is 0.805. The summed E-state index contributed by atoms with van der Waals surface area (Å²) < 4.78 is 7.15. The van der Waals surface area contributed by atoms with Crippen molar-refractivity contribution in [1.29, 1.82) is 0 Å². The molecule has 0 bridgehead atoms. The van der Waals surface area contributed by atoms with Crippen molar-refractivity contribution in [3.8, 4) is 5.75 Å². The highest BCUT2D eigenvalue weighted by molar-refractivity contribution is 9.10. The lowest BCUT2D eigenvalue weighted by molar-refractivity contribution is 0.102. The summed E-state index contributed by atoms with van der Waals surface area (Å²) in [4.78, 5) is 8.80. The highest BCUT2D eigenvalue weighted by atomic mass is 79.9. The van der Waals surface area contributed by atoms with Gasteiger partial charge in [-0.2, -0.15) is 0 Å². The van der Waals surface area contributed by atoms with Crippen LogP contribution in [-0.4, -0.2) is 16.1 Å². The lowest BCUT2D eigenvalue weighted by Gasteiger charge is -2.32. The fraction of sp³-hybridized carbons (Fsp3) is 0.500. The van der Waals surface area contributed by atoms with Crippen molar-refractivity contribution in [3.63, 3.8) is 0 Å². The predicted molar refractivity (Wildman–Crippen MR) is 83.8 cm³/mol. The molecule has 3 atom stereocenters. The van der Waals surface area contributed by atoms with Gasteiger partial charge < -0.3 is 4.74 Å². The summed E-state index contributed by atoms with van der Waals surface area (Å²) in [6, 6.07) is 3.90. The zero-order valence-corrected chi connectivity index (χ0v) is 13.4. The molecule has 4 heteroatoms. The largest absolute Gasteiger partial charge is 0.488 e. The molecule has 2 aromatic rings. The minimum Gasteiger partial charge on any atom is -0.488 e. The number of hydrogen-bond donors (Lipinski definition) is 0. The summed E-state index contributed by atoms with van der Waals surface area (Å²) in [6.45, 7) is 4.65. The fourth-order valence-electron chi connectivity index (χ4n) is 2.86. The molecule has 2 heterocycles. The van der Waals surface area contributed by atoms with Gasteiger partial charge in [-0.25, -0.2) is 4.98 Å². The van der Waals surface area contributed by atoms with Gasteiger partial charge >= 0.3 is 0 Å². The maximum Gasteiger partial charge on any atom is 0.149 e. The molecule has 20 heavy (non-hydrogen) atoms. The van der Waals surface area contributed by atoms with Gasteiger partial charge in [-0.1, -0.05) is 13.8 Å². The first kappa shape index (κ1) is 13.8. The van der Waals surface area contributed by atoms with Gasteiger partial charge in [0.15, 0.2) is 0 Å². The predicted octanol–water partition coefficient (Wildman–Crippen LogP) is 4.60. The normalized spacial score (nSPS) is 26.6. The monoisotopic (exact) mass is 334 g/mol. The van der Waals surface area contributed by atoms with E-state index in [1.807, 2.05) is 12.1 Å². The number of nitrogens with zero attached hydrogens (tertiary/aromatic N) is 2. The van der Waals surface area contributed by atoms with Crippen LogP contribution in [0.3, 0.4) is 0 Å². The van der Waals surface area contributed by atoms with Crippen LogP contribution in [0.15, 0.2) is 29.0 Å². The highest BCUT2D eigenvalue weighted by Crippen LogP contribution is 2.33. The molecule has 2 aromatic heterocycles. The Hall–Kier alpha value is -1.16. The third kappa shape index (κ3) is 2.80. The molecule has 3 rings (SSSR count). The first-order valence-corrected chi connectivity index (χ1v) is 7.99. The van der Waals surface area contributed by atoms with E-state index in [2.05, 4.69) is 39.7 Å². The van der Waals surface area contributed by atoms with Gasteiger partial charge in [0, 0.05) is 22.9 Å². The van der Waals surface area contributed by atoms with Crippen LogP contribution in [0.2, 0.25) is 0 Å². The van der Waals surface area contributed by atoms with Crippen LogP contribution in [0.1, 0.15) is 33.1 Å². The van der Waals surface area contributed by atoms with Crippen LogP contribution in [0, 0.1) is 11.8 Å². The maximum absolute atomic E-state index is 6.21. The molecule has 0 aromatic carbocycles. The van der Waals surface area contributed by atoms with E-state index in [1.165, 1.54) is 6.42 Å². The lowest BCUT2D eigenvalue weighted by atomic mass is 9.80. The Morgan fingerprint density at radius 3 is 2.85 bits per heavy atom. The molecule has 106 valence electrons. The van der Waals surface area contributed by atoms with Gasteiger partial charge in [0.1, 0.15) is 11.3 Å². The first-order valence-electron chi connectivity index (χ1n) is 7.20. The van der Waals surface area contributed by atoms with Gasteiger partial charge in [0.2, 0.25) is 0 Å². The minimum atomic E-state index is 0.303. The Morgan fingerprint density at radius 2 is 2.05 bits per heavy atom. The lowest BCUT2D eigenvalue weighted by Crippen LogP contribution is -2.28. The molecule has 0 saturated heterocycles. The van der Waals surface area contributed by atoms with Crippen molar-refractivity contribution < 1.29 is 4.74 Å². The molecule has 1 saturated carbocycles. The van der Waals surface area contributed by atoms with E-state index in [4.69, 9.17) is 4.74 Å². The zero-order chi connectivity index (χ0) is 14.1. The zero-order valence-electron chi connectivity index (χ0n) is 11.8. The van der Waals surface area contributed by atoms with Crippen LogP contribution in [0.4, 0.5) is 0 Å². The van der Waals surface area contributed by atoms with Crippen LogP contribution in [0.25, 0.3) is 11.0 Å². The van der Waals surface area contributed by atoms with Crippen molar-refractivity contribution in [3.05, 3.63) is 29.0 Å². The van der Waals surface area contributed by atoms with Gasteiger partial charge in [-0.05, 0) is 53.1 Å². The van der Waals surface area contributed by atoms with E-state index < -0.39 is 0 Å². The number of ether oxygens (including phenoxy) is 1. The average Bonchev–Trinajstić information content (AvgIpc) is 2.43. The molecule has 0 amide bonds. The number of rotatable bonds is 2. The second kappa shape index (κ2) is 5.68. The first-order chi connectivity index (χ1) is 9.63. The van der Waals surface area contributed by atoms with Crippen molar-refractivity contribution in [2.24, 2.45) is 11.8 Å². The Morgan fingerprint density at radius 1 is 1.20 bits per heavy atom. The van der Waals surface area contributed by atoms with Crippen molar-refractivity contribution in [2.45, 2.75) is 39.2 Å². The van der Waals surface area contributed by atoms with Crippen molar-refractivity contribution in [2.75, 3.05) is 0 Å². The Kier molecular flexibility index (Phi) is 3.92. The molecule has 0 spiro atoms. The summed E-state index contributed by atoms with van der Waals surface area (Å²) in [5, 5.41) is 0. The van der Waals surface area contributed by atoms with E-state index in [1.54, 1.807) is 12.4 Å². The van der Waals surface area contributed by atoms with E-state index in [0.717, 1.165) is 45.9 Å². The Labute approximate surface area is 127 Å².